The van der Waals surface area contributed by atoms with Crippen molar-refractivity contribution in [3.63, 3.8) is 0 Å². The van der Waals surface area contributed by atoms with Crippen molar-refractivity contribution in [1.82, 2.24) is 0 Å². The van der Waals surface area contributed by atoms with E-state index in [2.05, 4.69) is 12.6 Å². The minimum absolute atomic E-state index is 0.933. The van der Waals surface area contributed by atoms with E-state index >= 15 is 0 Å². The fourth-order valence-electron chi connectivity index (χ4n) is 0.416. The minimum Gasteiger partial charge on any atom is -0.168 e. The maximum atomic E-state index is 4.10. The zero-order chi connectivity index (χ0) is 5.11. The van der Waals surface area contributed by atoms with E-state index in [9.17, 15) is 0 Å². The summed E-state index contributed by atoms with van der Waals surface area (Å²) in [6.07, 6.45) is 0. The molecular weight excluding hydrogens is 144 g/mol. The van der Waals surface area contributed by atoms with Gasteiger partial charge in [-0.15, -0.1) is 11.8 Å². The van der Waals surface area contributed by atoms with Crippen molar-refractivity contribution in [1.29, 1.82) is 0 Å². The van der Waals surface area contributed by atoms with Gasteiger partial charge in [0.15, 0.2) is 0 Å². The Balaban J connectivity index is 1.93. The fraction of sp³-hybridized carbons (Fsp3) is 1.00. The summed E-state index contributed by atoms with van der Waals surface area (Å²) in [6, 6.07) is 0. The second-order valence-corrected chi connectivity index (χ2v) is 4.56. The van der Waals surface area contributed by atoms with E-state index < -0.39 is 0 Å². The molecule has 7 heavy (non-hydrogen) atoms. The molecule has 0 bridgehead atoms. The second-order valence-electron chi connectivity index (χ2n) is 1.46. The molecule has 1 aliphatic rings. The summed E-state index contributed by atoms with van der Waals surface area (Å²) in [7, 11) is 0. The van der Waals surface area contributed by atoms with Gasteiger partial charge in [-0.05, 0) is 0 Å². The summed E-state index contributed by atoms with van der Waals surface area (Å²) in [5.41, 5.74) is 0. The molecule has 0 N–H and O–H groups in total. The summed E-state index contributed by atoms with van der Waals surface area (Å²) in [5, 5.41) is 1.92. The Morgan fingerprint density at radius 3 is 2.57 bits per heavy atom. The van der Waals surface area contributed by atoms with Crippen LogP contribution in [-0.4, -0.2) is 21.8 Å². The quantitative estimate of drug-likeness (QED) is 0.473. The van der Waals surface area contributed by atoms with Crippen LogP contribution in [0.15, 0.2) is 0 Å². The molecule has 0 aliphatic carbocycles. The first kappa shape index (κ1) is 6.17. The minimum atomic E-state index is 0.933. The van der Waals surface area contributed by atoms with Crippen LogP contribution in [0.5, 0.6) is 0 Å². The third-order valence-electron chi connectivity index (χ3n) is 0.918. The lowest BCUT2D eigenvalue weighted by molar-refractivity contribution is 1.09. The van der Waals surface area contributed by atoms with Gasteiger partial charge in [0.1, 0.15) is 0 Å². The topological polar surface area (TPSA) is 0 Å². The zero-order valence-corrected chi connectivity index (χ0v) is 6.49. The number of rotatable bonds is 2. The van der Waals surface area contributed by atoms with Gasteiger partial charge in [0.25, 0.3) is 0 Å². The third-order valence-corrected chi connectivity index (χ3v) is 4.02. The van der Waals surface area contributed by atoms with Crippen LogP contribution in [0.1, 0.15) is 0 Å². The molecule has 0 saturated carbocycles. The highest BCUT2D eigenvalue weighted by Gasteiger charge is 2.16. The summed E-state index contributed by atoms with van der Waals surface area (Å²) < 4.78 is 0. The van der Waals surface area contributed by atoms with Gasteiger partial charge in [0, 0.05) is 21.8 Å². The molecule has 0 aromatic heterocycles. The molecule has 0 aromatic carbocycles. The molecule has 1 heterocycles. The Bertz CT molecular complexity index is 50.9. The Morgan fingerprint density at radius 1 is 1.71 bits per heavy atom. The highest BCUT2D eigenvalue weighted by Crippen LogP contribution is 2.29. The molecule has 0 unspecified atom stereocenters. The lowest BCUT2D eigenvalue weighted by Crippen LogP contribution is -2.20. The van der Waals surface area contributed by atoms with E-state index in [1.54, 1.807) is 0 Å². The van der Waals surface area contributed by atoms with Crippen LogP contribution < -0.4 is 0 Å². The summed E-state index contributed by atoms with van der Waals surface area (Å²) in [5.74, 6) is 2.70. The van der Waals surface area contributed by atoms with Crippen molar-refractivity contribution in [2.45, 2.75) is 5.25 Å². The van der Waals surface area contributed by atoms with Crippen molar-refractivity contribution in [2.24, 2.45) is 0 Å². The van der Waals surface area contributed by atoms with Crippen LogP contribution in [0, 0.1) is 0 Å². The molecule has 0 radical (unpaired) electrons. The first-order chi connectivity index (χ1) is 3.43. The molecular formula is C4H8S3. The smallest absolute Gasteiger partial charge is 0.0365 e. The average Bonchev–Trinajstić information content (AvgIpc) is 1.55. The Hall–Kier alpha value is 1.05. The lowest BCUT2D eigenvalue weighted by Gasteiger charge is -2.22. The molecule has 1 aliphatic heterocycles. The molecule has 0 atom stereocenters. The van der Waals surface area contributed by atoms with E-state index in [1.807, 2.05) is 23.5 Å². The largest absolute Gasteiger partial charge is 0.168 e. The van der Waals surface area contributed by atoms with Crippen LogP contribution in [0.4, 0.5) is 0 Å². The summed E-state index contributed by atoms with van der Waals surface area (Å²) >= 11 is 8.09. The Kier molecular flexibility index (Phi) is 2.78. The molecule has 0 spiro atoms. The molecule has 1 fully saturated rings. The van der Waals surface area contributed by atoms with Crippen LogP contribution in [0.3, 0.4) is 0 Å². The van der Waals surface area contributed by atoms with E-state index in [0.717, 1.165) is 10.3 Å². The molecule has 1 saturated heterocycles. The van der Waals surface area contributed by atoms with Crippen molar-refractivity contribution in [2.75, 3.05) is 16.6 Å². The number of thiol groups is 1. The molecule has 42 valence electrons. The van der Waals surface area contributed by atoms with Crippen molar-refractivity contribution in [3.05, 3.63) is 0 Å². The second kappa shape index (κ2) is 3.15. The van der Waals surface area contributed by atoms with Gasteiger partial charge in [0.2, 0.25) is 0 Å². The SMILES string of the molecule is SCSC1CSC1. The average molecular weight is 152 g/mol. The molecule has 0 nitrogen and oxygen atoms in total. The van der Waals surface area contributed by atoms with Gasteiger partial charge in [-0.3, -0.25) is 0 Å². The van der Waals surface area contributed by atoms with E-state index in [0.29, 0.717) is 0 Å². The molecule has 0 aromatic rings. The van der Waals surface area contributed by atoms with Gasteiger partial charge >= 0.3 is 0 Å². The number of hydrogen-bond acceptors (Lipinski definition) is 3. The highest BCUT2D eigenvalue weighted by atomic mass is 32.2. The monoisotopic (exact) mass is 152 g/mol. The van der Waals surface area contributed by atoms with Gasteiger partial charge in [-0.25, -0.2) is 0 Å². The maximum absolute atomic E-state index is 4.10. The standard InChI is InChI=1S/C4H8S3/c5-3-7-4-1-6-2-4/h4-5H,1-3H2. The highest BCUT2D eigenvalue weighted by molar-refractivity contribution is 8.12. The van der Waals surface area contributed by atoms with Crippen molar-refractivity contribution < 1.29 is 0 Å². The zero-order valence-electron chi connectivity index (χ0n) is 3.96. The molecule has 3 heteroatoms. The Morgan fingerprint density at radius 2 is 2.43 bits per heavy atom. The fourth-order valence-corrected chi connectivity index (χ4v) is 3.03. The molecule has 0 amide bonds. The predicted molar refractivity (Wildman–Crippen MR) is 42.6 cm³/mol. The normalized spacial score (nSPS) is 21.9. The van der Waals surface area contributed by atoms with Gasteiger partial charge in [-0.2, -0.15) is 24.4 Å². The maximum Gasteiger partial charge on any atom is 0.0365 e. The Labute approximate surface area is 58.2 Å². The predicted octanol–water partition coefficient (Wildman–Crippen LogP) is 1.72. The van der Waals surface area contributed by atoms with Gasteiger partial charge in [0.05, 0.1) is 0 Å². The number of hydrogen-bond donors (Lipinski definition) is 1. The first-order valence-electron chi connectivity index (χ1n) is 2.23. The third kappa shape index (κ3) is 1.78. The first-order valence-corrected chi connectivity index (χ1v) is 5.07. The van der Waals surface area contributed by atoms with Crippen LogP contribution in [-0.2, 0) is 0 Å². The van der Waals surface area contributed by atoms with Crippen LogP contribution >= 0.6 is 36.2 Å². The van der Waals surface area contributed by atoms with Gasteiger partial charge < -0.3 is 0 Å². The van der Waals surface area contributed by atoms with E-state index in [1.165, 1.54) is 11.5 Å². The van der Waals surface area contributed by atoms with Crippen molar-refractivity contribution in [3.8, 4) is 0 Å². The van der Waals surface area contributed by atoms with E-state index in [4.69, 9.17) is 0 Å². The van der Waals surface area contributed by atoms with Crippen LogP contribution in [0.25, 0.3) is 0 Å². The number of thioether (sulfide) groups is 2. The van der Waals surface area contributed by atoms with Crippen molar-refractivity contribution >= 4 is 36.2 Å². The molecule has 1 rings (SSSR count). The van der Waals surface area contributed by atoms with E-state index in [-0.39, 0.29) is 0 Å². The van der Waals surface area contributed by atoms with Gasteiger partial charge in [-0.1, -0.05) is 0 Å². The lowest BCUT2D eigenvalue weighted by atomic mass is 10.5. The summed E-state index contributed by atoms with van der Waals surface area (Å²) in [4.78, 5) is 0. The van der Waals surface area contributed by atoms with Crippen LogP contribution in [0.2, 0.25) is 0 Å². The summed E-state index contributed by atoms with van der Waals surface area (Å²) in [6.45, 7) is 0.